The van der Waals surface area contributed by atoms with Crippen LogP contribution in [0.3, 0.4) is 0 Å². The fourth-order valence-corrected chi connectivity index (χ4v) is 9.69. The quantitative estimate of drug-likeness (QED) is 0.184. The van der Waals surface area contributed by atoms with Gasteiger partial charge in [0.15, 0.2) is 0 Å². The third kappa shape index (κ3) is 6.55. The molecule has 3 amide bonds. The van der Waals surface area contributed by atoms with E-state index in [0.717, 1.165) is 16.3 Å². The van der Waals surface area contributed by atoms with Crippen LogP contribution in [0.15, 0.2) is 126 Å². The number of allylic oxidation sites excluding steroid dienone is 1. The SMILES string of the molecule is C[C@@H]1[C@@H](c2ccccc2)OC(=O)[C@@H]2[C@H]3O[C@@]4(C=C3Br)[C@H](C(=O)N(c3ccc5ccccc5c3)C/C=C\CCC(=O)N1C)N([C@@H](CO)Cc1ccccc1)C(=O)[C@@H]24. The summed E-state index contributed by atoms with van der Waals surface area (Å²) in [6, 6.07) is 29.8. The zero-order valence-electron chi connectivity index (χ0n) is 31.2. The number of aliphatic hydroxyl groups is 1. The fraction of sp³-hybridized carbons (Fsp3) is 0.333. The molecule has 56 heavy (non-hydrogen) atoms. The van der Waals surface area contributed by atoms with Crippen LogP contribution < -0.4 is 4.90 Å². The second-order valence-electron chi connectivity index (χ2n) is 15.1. The van der Waals surface area contributed by atoms with Crippen LogP contribution in [0.1, 0.15) is 37.0 Å². The van der Waals surface area contributed by atoms with Crippen LogP contribution >= 0.6 is 15.9 Å². The molecule has 5 bridgehead atoms. The molecule has 2 fully saturated rings. The Morgan fingerprint density at radius 1 is 0.857 bits per heavy atom. The number of esters is 1. The topological polar surface area (TPSA) is 117 Å². The van der Waals surface area contributed by atoms with Gasteiger partial charge in [-0.15, -0.1) is 0 Å². The Kier molecular flexibility index (Phi) is 10.4. The van der Waals surface area contributed by atoms with Gasteiger partial charge >= 0.3 is 5.97 Å². The van der Waals surface area contributed by atoms with Crippen molar-refractivity contribution < 1.29 is 33.8 Å². The van der Waals surface area contributed by atoms with Gasteiger partial charge in [-0.05, 0) is 59.9 Å². The molecule has 4 heterocycles. The third-order valence-corrected chi connectivity index (χ3v) is 12.6. The smallest absolute Gasteiger partial charge is 0.313 e. The molecule has 10 nitrogen and oxygen atoms in total. The van der Waals surface area contributed by atoms with Gasteiger partial charge in [-0.25, -0.2) is 0 Å². The van der Waals surface area contributed by atoms with Gasteiger partial charge in [0.1, 0.15) is 29.8 Å². The molecule has 4 aliphatic rings. The maximum atomic E-state index is 15.6. The minimum absolute atomic E-state index is 0.128. The predicted octanol–water partition coefficient (Wildman–Crippen LogP) is 6.13. The monoisotopic (exact) mass is 817 g/mol. The second kappa shape index (κ2) is 15.4. The summed E-state index contributed by atoms with van der Waals surface area (Å²) in [5, 5.41) is 13.0. The number of carbonyl (C=O) groups is 4. The first-order chi connectivity index (χ1) is 27.1. The molecule has 288 valence electrons. The molecule has 4 aliphatic heterocycles. The van der Waals surface area contributed by atoms with Crippen molar-refractivity contribution in [3.8, 4) is 0 Å². The Balaban J connectivity index is 1.28. The lowest BCUT2D eigenvalue weighted by Gasteiger charge is -2.39. The van der Waals surface area contributed by atoms with Gasteiger partial charge in [0.25, 0.3) is 5.91 Å². The van der Waals surface area contributed by atoms with Gasteiger partial charge < -0.3 is 29.3 Å². The lowest BCUT2D eigenvalue weighted by atomic mass is 9.74. The van der Waals surface area contributed by atoms with E-state index in [1.807, 2.05) is 122 Å². The lowest BCUT2D eigenvalue weighted by Crippen LogP contribution is -2.59. The molecule has 0 saturated carbocycles. The molecule has 2 saturated heterocycles. The molecule has 1 N–H and O–H groups in total. The number of amides is 3. The van der Waals surface area contributed by atoms with E-state index in [-0.39, 0.29) is 25.3 Å². The predicted molar refractivity (Wildman–Crippen MR) is 215 cm³/mol. The lowest BCUT2D eigenvalue weighted by molar-refractivity contribution is -0.164. The van der Waals surface area contributed by atoms with Gasteiger partial charge in [0.2, 0.25) is 11.8 Å². The van der Waals surface area contributed by atoms with Crippen LogP contribution in [0.4, 0.5) is 5.69 Å². The number of likely N-dealkylation sites (N-methyl/N-ethyl adjacent to an activating group) is 1. The number of hydrogen-bond acceptors (Lipinski definition) is 7. The molecular formula is C45H44BrN3O7. The Morgan fingerprint density at radius 3 is 2.29 bits per heavy atom. The van der Waals surface area contributed by atoms with Crippen molar-refractivity contribution in [3.05, 3.63) is 137 Å². The molecule has 11 heteroatoms. The van der Waals surface area contributed by atoms with Crippen molar-refractivity contribution in [2.75, 3.05) is 25.1 Å². The zero-order chi connectivity index (χ0) is 39.1. The van der Waals surface area contributed by atoms with Crippen molar-refractivity contribution in [1.29, 1.82) is 0 Å². The molecule has 1 spiro atoms. The first-order valence-corrected chi connectivity index (χ1v) is 19.9. The van der Waals surface area contributed by atoms with E-state index in [1.165, 1.54) is 4.90 Å². The minimum Gasteiger partial charge on any atom is -0.455 e. The number of halogens is 1. The average Bonchev–Trinajstić information content (AvgIpc) is 3.82. The summed E-state index contributed by atoms with van der Waals surface area (Å²) < 4.78 is 13.7. The summed E-state index contributed by atoms with van der Waals surface area (Å²) in [5.41, 5.74) is 0.619. The summed E-state index contributed by atoms with van der Waals surface area (Å²) in [7, 11) is 1.70. The highest BCUT2D eigenvalue weighted by molar-refractivity contribution is 9.11. The van der Waals surface area contributed by atoms with E-state index in [2.05, 4.69) is 15.9 Å². The van der Waals surface area contributed by atoms with E-state index < -0.39 is 72.2 Å². The van der Waals surface area contributed by atoms with Gasteiger partial charge in [0.05, 0.1) is 24.6 Å². The molecule has 4 aromatic rings. The number of fused-ring (bicyclic) bond motifs is 3. The summed E-state index contributed by atoms with van der Waals surface area (Å²) in [6.45, 7) is 1.55. The maximum absolute atomic E-state index is 15.6. The molecular weight excluding hydrogens is 774 g/mol. The maximum Gasteiger partial charge on any atom is 0.313 e. The first-order valence-electron chi connectivity index (χ1n) is 19.1. The molecule has 0 unspecified atom stereocenters. The van der Waals surface area contributed by atoms with Crippen molar-refractivity contribution in [2.45, 2.75) is 62.1 Å². The number of cyclic esters (lactones) is 1. The number of nitrogens with zero attached hydrogens (tertiary/aromatic N) is 3. The molecule has 0 aromatic heterocycles. The number of benzene rings is 4. The Labute approximate surface area is 334 Å². The molecule has 0 radical (unpaired) electrons. The Bertz CT molecular complexity index is 2210. The number of ether oxygens (including phenoxy) is 2. The molecule has 8 rings (SSSR count). The van der Waals surface area contributed by atoms with Gasteiger partial charge in [-0.1, -0.05) is 119 Å². The third-order valence-electron chi connectivity index (χ3n) is 11.9. The van der Waals surface area contributed by atoms with Crippen LogP contribution in [0.2, 0.25) is 0 Å². The minimum atomic E-state index is -1.56. The number of likely N-dealkylation sites (tertiary alicyclic amines) is 1. The van der Waals surface area contributed by atoms with Crippen LogP contribution in [-0.4, -0.2) is 88.6 Å². The average molecular weight is 819 g/mol. The van der Waals surface area contributed by atoms with Crippen molar-refractivity contribution in [1.82, 2.24) is 9.80 Å². The standard InChI is InChI=1S/C45H44BrN3O7/c1-28-39(31-17-8-4-9-18-31)55-44(54)37-38-42(52)49(34(27-50)24-29-14-6-3-7-15-29)41(45(38)26-35(46)40(37)56-45)43(53)48(23-13-5-10-20-36(51)47(28)2)33-22-21-30-16-11-12-19-32(30)25-33/h3-9,11-19,21-22,25-26,28,34,37-41,50H,10,20,23-24,27H2,1-2H3/b13-5-/t28-,34-,37+,38-,39+,40+,41+,45-/m1/s1. The number of anilines is 1. The Hall–Kier alpha value is -5.10. The van der Waals surface area contributed by atoms with Crippen molar-refractivity contribution >= 4 is 56.1 Å². The highest BCUT2D eigenvalue weighted by atomic mass is 79.9. The van der Waals surface area contributed by atoms with Crippen molar-refractivity contribution in [3.63, 3.8) is 0 Å². The van der Waals surface area contributed by atoms with E-state index in [9.17, 15) is 14.7 Å². The van der Waals surface area contributed by atoms with Crippen LogP contribution in [0.25, 0.3) is 10.8 Å². The fourth-order valence-electron chi connectivity index (χ4n) is 8.95. The van der Waals surface area contributed by atoms with Gasteiger partial charge in [-0.3, -0.25) is 19.2 Å². The van der Waals surface area contributed by atoms with Crippen LogP contribution in [0.5, 0.6) is 0 Å². The van der Waals surface area contributed by atoms with E-state index in [4.69, 9.17) is 9.47 Å². The molecule has 8 atom stereocenters. The summed E-state index contributed by atoms with van der Waals surface area (Å²) in [5.74, 6) is -3.94. The normalized spacial score (nSPS) is 29.4. The second-order valence-corrected chi connectivity index (χ2v) is 16.0. The van der Waals surface area contributed by atoms with E-state index >= 15 is 9.59 Å². The van der Waals surface area contributed by atoms with Gasteiger partial charge in [0, 0.05) is 30.2 Å². The van der Waals surface area contributed by atoms with Gasteiger partial charge in [-0.2, -0.15) is 0 Å². The highest BCUT2D eigenvalue weighted by Gasteiger charge is 2.75. The number of hydrogen-bond donors (Lipinski definition) is 1. The summed E-state index contributed by atoms with van der Waals surface area (Å²) in [6.07, 6.45) is 4.66. The summed E-state index contributed by atoms with van der Waals surface area (Å²) in [4.78, 5) is 63.8. The van der Waals surface area contributed by atoms with Crippen LogP contribution in [0, 0.1) is 11.8 Å². The van der Waals surface area contributed by atoms with Crippen LogP contribution in [-0.2, 0) is 35.1 Å². The number of rotatable bonds is 6. The van der Waals surface area contributed by atoms with Crippen molar-refractivity contribution in [2.24, 2.45) is 11.8 Å². The molecule has 0 aliphatic carbocycles. The zero-order valence-corrected chi connectivity index (χ0v) is 32.8. The van der Waals surface area contributed by atoms with E-state index in [0.29, 0.717) is 22.2 Å². The largest absolute Gasteiger partial charge is 0.455 e. The number of aliphatic hydroxyl groups excluding tert-OH is 1. The number of carbonyl (C=O) groups excluding carboxylic acids is 4. The highest BCUT2D eigenvalue weighted by Crippen LogP contribution is 2.59. The Morgan fingerprint density at radius 2 is 1.55 bits per heavy atom. The molecule has 4 aromatic carbocycles. The van der Waals surface area contributed by atoms with E-state index in [1.54, 1.807) is 22.9 Å². The first kappa shape index (κ1) is 37.8. The summed E-state index contributed by atoms with van der Waals surface area (Å²) >= 11 is 3.66.